The average molecular weight is 220 g/mol. The average Bonchev–Trinajstić information content (AvgIpc) is 2.24. The first-order chi connectivity index (χ1) is 7.59. The molecule has 1 nitrogen and oxygen atoms in total. The van der Waals surface area contributed by atoms with Crippen LogP contribution in [-0.2, 0) is 0 Å². The van der Waals surface area contributed by atoms with Gasteiger partial charge in [-0.1, -0.05) is 39.8 Å². The number of benzene rings is 1. The molecule has 0 amide bonds. The maximum atomic E-state index is 5.75. The highest BCUT2D eigenvalue weighted by molar-refractivity contribution is 5.30. The minimum Gasteiger partial charge on any atom is -0.494 e. The lowest BCUT2D eigenvalue weighted by Gasteiger charge is -2.10. The molecule has 1 aromatic rings. The van der Waals surface area contributed by atoms with Gasteiger partial charge in [0.2, 0.25) is 0 Å². The van der Waals surface area contributed by atoms with Crippen molar-refractivity contribution in [3.63, 3.8) is 0 Å². The van der Waals surface area contributed by atoms with Crippen LogP contribution in [0.25, 0.3) is 0 Å². The number of hydrogen-bond acceptors (Lipinski definition) is 1. The monoisotopic (exact) mass is 220 g/mol. The fourth-order valence-corrected chi connectivity index (χ4v) is 1.65. The summed E-state index contributed by atoms with van der Waals surface area (Å²) in [4.78, 5) is 0. The number of hydrogen-bond donors (Lipinski definition) is 0. The van der Waals surface area contributed by atoms with Crippen LogP contribution in [0.4, 0.5) is 0 Å². The van der Waals surface area contributed by atoms with Crippen LogP contribution in [-0.4, -0.2) is 6.61 Å². The number of ether oxygens (including phenoxy) is 1. The van der Waals surface area contributed by atoms with Crippen LogP contribution in [0.15, 0.2) is 24.3 Å². The van der Waals surface area contributed by atoms with Crippen LogP contribution in [0, 0.1) is 5.92 Å². The molecule has 1 aromatic carbocycles. The molecule has 0 fully saturated rings. The van der Waals surface area contributed by atoms with Crippen molar-refractivity contribution in [2.75, 3.05) is 6.61 Å². The minimum absolute atomic E-state index is 0.569. The van der Waals surface area contributed by atoms with E-state index in [1.807, 2.05) is 6.07 Å². The Morgan fingerprint density at radius 2 is 1.88 bits per heavy atom. The molecule has 0 saturated heterocycles. The molecule has 0 aliphatic rings. The minimum atomic E-state index is 0.569. The van der Waals surface area contributed by atoms with Crippen molar-refractivity contribution in [1.29, 1.82) is 0 Å². The summed E-state index contributed by atoms with van der Waals surface area (Å²) in [5, 5.41) is 0. The quantitative estimate of drug-likeness (QED) is 0.635. The fraction of sp³-hybridized carbons (Fsp3) is 0.600. The molecule has 0 bridgehead atoms. The van der Waals surface area contributed by atoms with Gasteiger partial charge in [0.25, 0.3) is 0 Å². The Balaban J connectivity index is 2.39. The van der Waals surface area contributed by atoms with E-state index in [9.17, 15) is 0 Å². The van der Waals surface area contributed by atoms with Crippen LogP contribution in [0.1, 0.15) is 52.0 Å². The first-order valence-electron chi connectivity index (χ1n) is 6.32. The summed E-state index contributed by atoms with van der Waals surface area (Å²) in [6.07, 6.45) is 2.38. The van der Waals surface area contributed by atoms with Crippen molar-refractivity contribution >= 4 is 0 Å². The van der Waals surface area contributed by atoms with E-state index < -0.39 is 0 Å². The molecule has 0 heterocycles. The summed E-state index contributed by atoms with van der Waals surface area (Å²) in [7, 11) is 0. The predicted molar refractivity (Wildman–Crippen MR) is 70.1 cm³/mol. The van der Waals surface area contributed by atoms with Gasteiger partial charge in [-0.05, 0) is 42.4 Å². The third-order valence-corrected chi connectivity index (χ3v) is 2.72. The van der Waals surface area contributed by atoms with Gasteiger partial charge in [-0.25, -0.2) is 0 Å². The van der Waals surface area contributed by atoms with E-state index in [0.717, 1.165) is 24.7 Å². The van der Waals surface area contributed by atoms with Gasteiger partial charge in [-0.2, -0.15) is 0 Å². The molecule has 0 atom stereocenters. The molecular formula is C15H24O. The van der Waals surface area contributed by atoms with E-state index in [4.69, 9.17) is 4.74 Å². The van der Waals surface area contributed by atoms with E-state index in [1.165, 1.54) is 12.0 Å². The maximum Gasteiger partial charge on any atom is 0.119 e. The smallest absolute Gasteiger partial charge is 0.119 e. The Bertz CT molecular complexity index is 302. The van der Waals surface area contributed by atoms with Crippen molar-refractivity contribution in [1.82, 2.24) is 0 Å². The van der Waals surface area contributed by atoms with Gasteiger partial charge in [0.1, 0.15) is 5.75 Å². The Labute approximate surface area is 99.8 Å². The van der Waals surface area contributed by atoms with E-state index in [2.05, 4.69) is 45.9 Å². The number of rotatable bonds is 6. The van der Waals surface area contributed by atoms with Crippen LogP contribution >= 0.6 is 0 Å². The fourth-order valence-electron chi connectivity index (χ4n) is 1.65. The molecule has 0 aliphatic heterocycles. The molecule has 0 N–H and O–H groups in total. The Hall–Kier alpha value is -0.980. The van der Waals surface area contributed by atoms with Crippen molar-refractivity contribution in [3.8, 4) is 5.75 Å². The lowest BCUT2D eigenvalue weighted by atomic mass is 10.0. The molecule has 0 unspecified atom stereocenters. The largest absolute Gasteiger partial charge is 0.494 e. The molecule has 0 aliphatic carbocycles. The van der Waals surface area contributed by atoms with Gasteiger partial charge in [0.05, 0.1) is 6.61 Å². The topological polar surface area (TPSA) is 9.23 Å². The zero-order valence-corrected chi connectivity index (χ0v) is 11.0. The lowest BCUT2D eigenvalue weighted by molar-refractivity contribution is 0.297. The molecule has 0 saturated carbocycles. The first-order valence-corrected chi connectivity index (χ1v) is 6.32. The third-order valence-electron chi connectivity index (χ3n) is 2.72. The second-order valence-corrected chi connectivity index (χ2v) is 5.11. The Kier molecular flexibility index (Phi) is 5.37. The van der Waals surface area contributed by atoms with E-state index >= 15 is 0 Å². The van der Waals surface area contributed by atoms with Crippen LogP contribution < -0.4 is 4.74 Å². The summed E-state index contributed by atoms with van der Waals surface area (Å²) in [6.45, 7) is 9.74. The van der Waals surface area contributed by atoms with Gasteiger partial charge in [0, 0.05) is 0 Å². The van der Waals surface area contributed by atoms with Gasteiger partial charge in [-0.15, -0.1) is 0 Å². The Morgan fingerprint density at radius 1 is 1.12 bits per heavy atom. The molecule has 0 spiro atoms. The van der Waals surface area contributed by atoms with Gasteiger partial charge < -0.3 is 4.74 Å². The highest BCUT2D eigenvalue weighted by Crippen LogP contribution is 2.20. The Morgan fingerprint density at radius 3 is 2.50 bits per heavy atom. The summed E-state index contributed by atoms with van der Waals surface area (Å²) in [5.74, 6) is 2.35. The van der Waals surface area contributed by atoms with E-state index in [0.29, 0.717) is 5.92 Å². The molecule has 16 heavy (non-hydrogen) atoms. The lowest BCUT2D eigenvalue weighted by Crippen LogP contribution is -2.00. The summed E-state index contributed by atoms with van der Waals surface area (Å²) in [6, 6.07) is 8.43. The molecular weight excluding hydrogens is 196 g/mol. The maximum absolute atomic E-state index is 5.75. The zero-order valence-electron chi connectivity index (χ0n) is 11.0. The summed E-state index contributed by atoms with van der Waals surface area (Å²) < 4.78 is 5.75. The van der Waals surface area contributed by atoms with Crippen LogP contribution in [0.5, 0.6) is 5.75 Å². The standard InChI is InChI=1S/C15H24O/c1-12(2)7-6-10-16-15-9-5-8-14(11-15)13(3)4/h5,8-9,11-13H,6-7,10H2,1-4H3. The van der Waals surface area contributed by atoms with E-state index in [-0.39, 0.29) is 0 Å². The van der Waals surface area contributed by atoms with Gasteiger partial charge in [0.15, 0.2) is 0 Å². The molecule has 0 aromatic heterocycles. The van der Waals surface area contributed by atoms with Crippen molar-refractivity contribution in [2.45, 2.75) is 46.5 Å². The molecule has 1 rings (SSSR count). The first kappa shape index (κ1) is 13.1. The predicted octanol–water partition coefficient (Wildman–Crippen LogP) is 4.63. The molecule has 90 valence electrons. The third kappa shape index (κ3) is 4.69. The molecule has 1 heteroatoms. The summed E-state index contributed by atoms with van der Waals surface area (Å²) in [5.41, 5.74) is 1.35. The zero-order chi connectivity index (χ0) is 12.0. The second kappa shape index (κ2) is 6.57. The highest BCUT2D eigenvalue weighted by Gasteiger charge is 2.01. The SMILES string of the molecule is CC(C)CCCOc1cccc(C(C)C)c1. The summed E-state index contributed by atoms with van der Waals surface area (Å²) >= 11 is 0. The van der Waals surface area contributed by atoms with Crippen LogP contribution in [0.2, 0.25) is 0 Å². The van der Waals surface area contributed by atoms with Crippen molar-refractivity contribution in [3.05, 3.63) is 29.8 Å². The molecule has 0 radical (unpaired) electrons. The van der Waals surface area contributed by atoms with E-state index in [1.54, 1.807) is 0 Å². The highest BCUT2D eigenvalue weighted by atomic mass is 16.5. The van der Waals surface area contributed by atoms with Crippen molar-refractivity contribution < 1.29 is 4.74 Å². The van der Waals surface area contributed by atoms with Gasteiger partial charge >= 0.3 is 0 Å². The van der Waals surface area contributed by atoms with Crippen molar-refractivity contribution in [2.24, 2.45) is 5.92 Å². The normalized spacial score (nSPS) is 11.1. The van der Waals surface area contributed by atoms with Gasteiger partial charge in [-0.3, -0.25) is 0 Å². The second-order valence-electron chi connectivity index (χ2n) is 5.11. The van der Waals surface area contributed by atoms with Crippen LogP contribution in [0.3, 0.4) is 0 Å².